The molecule has 154 valence electrons. The average Bonchev–Trinajstić information content (AvgIpc) is 2.62. The molecule has 0 bridgehead atoms. The predicted octanol–water partition coefficient (Wildman–Crippen LogP) is 4.55. The van der Waals surface area contributed by atoms with Crippen LogP contribution < -0.4 is 15.4 Å². The highest BCUT2D eigenvalue weighted by Gasteiger charge is 2.34. The molecule has 0 saturated heterocycles. The molecule has 0 unspecified atom stereocenters. The van der Waals surface area contributed by atoms with Gasteiger partial charge in [-0.15, -0.1) is 0 Å². The van der Waals surface area contributed by atoms with E-state index in [0.29, 0.717) is 5.69 Å². The van der Waals surface area contributed by atoms with Crippen LogP contribution in [-0.2, 0) is 14.3 Å². The lowest BCUT2D eigenvalue weighted by Gasteiger charge is -2.32. The van der Waals surface area contributed by atoms with E-state index in [1.807, 2.05) is 6.92 Å². The monoisotopic (exact) mass is 430 g/mol. The molecule has 0 aromatic heterocycles. The normalized spacial score (nSPS) is 15.4. The van der Waals surface area contributed by atoms with Gasteiger partial charge in [-0.1, -0.05) is 49.4 Å². The second kappa shape index (κ2) is 9.98. The van der Waals surface area contributed by atoms with Gasteiger partial charge in [0.25, 0.3) is 0 Å². The highest BCUT2D eigenvalue weighted by Crippen LogP contribution is 2.39. The van der Waals surface area contributed by atoms with Gasteiger partial charge in [-0.3, -0.25) is 9.59 Å². The summed E-state index contributed by atoms with van der Waals surface area (Å²) in [4.78, 5) is 35.1. The molecule has 0 heterocycles. The SMILES string of the molecule is CC(=O)OCCNC(=O)Oc1c(Cl)cc(NC(=O)C2(C)CCCCC2)cc1Cl. The summed E-state index contributed by atoms with van der Waals surface area (Å²) in [7, 11) is 0. The Morgan fingerprint density at radius 3 is 2.29 bits per heavy atom. The van der Waals surface area contributed by atoms with Gasteiger partial charge in [0.05, 0.1) is 16.6 Å². The molecule has 2 rings (SSSR count). The summed E-state index contributed by atoms with van der Waals surface area (Å²) in [6, 6.07) is 2.97. The highest BCUT2D eigenvalue weighted by atomic mass is 35.5. The zero-order valence-corrected chi connectivity index (χ0v) is 17.4. The van der Waals surface area contributed by atoms with Crippen LogP contribution in [0.1, 0.15) is 46.0 Å². The van der Waals surface area contributed by atoms with Crippen molar-refractivity contribution >= 4 is 46.9 Å². The van der Waals surface area contributed by atoms with Crippen LogP contribution in [0.25, 0.3) is 0 Å². The maximum absolute atomic E-state index is 12.6. The molecular weight excluding hydrogens is 407 g/mol. The third-order valence-electron chi connectivity index (χ3n) is 4.63. The number of rotatable bonds is 6. The fraction of sp³-hybridized carbons (Fsp3) is 0.526. The van der Waals surface area contributed by atoms with Crippen LogP contribution in [0.15, 0.2) is 12.1 Å². The summed E-state index contributed by atoms with van der Waals surface area (Å²) < 4.78 is 9.81. The fourth-order valence-corrected chi connectivity index (χ4v) is 3.61. The van der Waals surface area contributed by atoms with Crippen molar-refractivity contribution in [3.63, 3.8) is 0 Å². The van der Waals surface area contributed by atoms with E-state index in [9.17, 15) is 14.4 Å². The summed E-state index contributed by atoms with van der Waals surface area (Å²) in [6.07, 6.45) is 4.11. The molecule has 1 aromatic carbocycles. The number of anilines is 1. The quantitative estimate of drug-likeness (QED) is 0.509. The Morgan fingerprint density at radius 2 is 1.71 bits per heavy atom. The number of benzene rings is 1. The number of ether oxygens (including phenoxy) is 2. The number of halogens is 2. The van der Waals surface area contributed by atoms with E-state index in [0.717, 1.165) is 32.1 Å². The molecule has 9 heteroatoms. The zero-order valence-electron chi connectivity index (χ0n) is 15.9. The molecule has 0 atom stereocenters. The largest absolute Gasteiger partial charge is 0.464 e. The number of carbonyl (C=O) groups excluding carboxylic acids is 3. The maximum Gasteiger partial charge on any atom is 0.412 e. The van der Waals surface area contributed by atoms with E-state index in [2.05, 4.69) is 10.6 Å². The van der Waals surface area contributed by atoms with Crippen LogP contribution in [0.3, 0.4) is 0 Å². The number of hydrogen-bond donors (Lipinski definition) is 2. The molecule has 1 fully saturated rings. The van der Waals surface area contributed by atoms with Crippen LogP contribution in [-0.4, -0.2) is 31.1 Å². The first kappa shape index (κ1) is 22.3. The first-order chi connectivity index (χ1) is 13.2. The molecule has 7 nitrogen and oxygen atoms in total. The van der Waals surface area contributed by atoms with Crippen molar-refractivity contribution in [3.8, 4) is 5.75 Å². The molecule has 1 aliphatic rings. The molecule has 1 aliphatic carbocycles. The smallest absolute Gasteiger partial charge is 0.412 e. The van der Waals surface area contributed by atoms with E-state index in [-0.39, 0.29) is 34.9 Å². The number of nitrogens with one attached hydrogen (secondary N) is 2. The lowest BCUT2D eigenvalue weighted by molar-refractivity contribution is -0.140. The Bertz CT molecular complexity index is 725. The predicted molar refractivity (Wildman–Crippen MR) is 107 cm³/mol. The maximum atomic E-state index is 12.6. The summed E-state index contributed by atoms with van der Waals surface area (Å²) in [6.45, 7) is 3.34. The van der Waals surface area contributed by atoms with E-state index in [1.165, 1.54) is 19.1 Å². The molecule has 1 aromatic rings. The lowest BCUT2D eigenvalue weighted by Crippen LogP contribution is -2.35. The number of amides is 2. The Labute approximate surface area is 174 Å². The molecule has 0 spiro atoms. The second-order valence-electron chi connectivity index (χ2n) is 7.00. The van der Waals surface area contributed by atoms with Crippen LogP contribution in [0.5, 0.6) is 5.75 Å². The van der Waals surface area contributed by atoms with Crippen molar-refractivity contribution in [2.75, 3.05) is 18.5 Å². The van der Waals surface area contributed by atoms with Gasteiger partial charge in [-0.2, -0.15) is 0 Å². The third kappa shape index (κ3) is 6.27. The zero-order chi connectivity index (χ0) is 20.7. The van der Waals surface area contributed by atoms with Crippen LogP contribution in [0.2, 0.25) is 10.0 Å². The Hall–Kier alpha value is -1.99. The number of esters is 1. The Morgan fingerprint density at radius 1 is 1.11 bits per heavy atom. The Balaban J connectivity index is 1.97. The first-order valence-electron chi connectivity index (χ1n) is 9.11. The molecule has 1 saturated carbocycles. The molecule has 0 aliphatic heterocycles. The van der Waals surface area contributed by atoms with Gasteiger partial charge in [0.2, 0.25) is 5.91 Å². The molecule has 28 heavy (non-hydrogen) atoms. The van der Waals surface area contributed by atoms with Crippen LogP contribution in [0, 0.1) is 5.41 Å². The average molecular weight is 431 g/mol. The number of hydrogen-bond acceptors (Lipinski definition) is 5. The molecule has 0 radical (unpaired) electrons. The van der Waals surface area contributed by atoms with Crippen molar-refractivity contribution in [1.82, 2.24) is 5.32 Å². The number of carbonyl (C=O) groups is 3. The van der Waals surface area contributed by atoms with Gasteiger partial charge >= 0.3 is 12.1 Å². The van der Waals surface area contributed by atoms with Gasteiger partial charge < -0.3 is 20.1 Å². The van der Waals surface area contributed by atoms with Gasteiger partial charge in [-0.05, 0) is 25.0 Å². The van der Waals surface area contributed by atoms with Crippen molar-refractivity contribution in [2.24, 2.45) is 5.41 Å². The first-order valence-corrected chi connectivity index (χ1v) is 9.86. The molecule has 2 N–H and O–H groups in total. The molecular formula is C19H24Cl2N2O5. The summed E-state index contributed by atoms with van der Waals surface area (Å²) in [5, 5.41) is 5.44. The standard InChI is InChI=1S/C19H24Cl2N2O5/c1-12(24)27-9-8-22-18(26)28-16-14(20)10-13(11-15(16)21)23-17(25)19(2)6-4-3-5-7-19/h10-11H,3-9H2,1-2H3,(H,22,26)(H,23,25). The third-order valence-corrected chi connectivity index (χ3v) is 5.19. The summed E-state index contributed by atoms with van der Waals surface area (Å²) >= 11 is 12.4. The fourth-order valence-electron chi connectivity index (χ4n) is 3.05. The van der Waals surface area contributed by atoms with Gasteiger partial charge in [0.15, 0.2) is 5.75 Å². The second-order valence-corrected chi connectivity index (χ2v) is 7.82. The minimum atomic E-state index is -0.789. The minimum Gasteiger partial charge on any atom is -0.464 e. The van der Waals surface area contributed by atoms with Gasteiger partial charge in [-0.25, -0.2) is 4.79 Å². The van der Waals surface area contributed by atoms with Gasteiger partial charge in [0.1, 0.15) is 6.61 Å². The van der Waals surface area contributed by atoms with E-state index in [1.54, 1.807) is 0 Å². The highest BCUT2D eigenvalue weighted by molar-refractivity contribution is 6.38. The van der Waals surface area contributed by atoms with Gasteiger partial charge in [0, 0.05) is 18.0 Å². The Kier molecular flexibility index (Phi) is 7.95. The van der Waals surface area contributed by atoms with Crippen molar-refractivity contribution in [3.05, 3.63) is 22.2 Å². The molecule has 2 amide bonds. The van der Waals surface area contributed by atoms with E-state index >= 15 is 0 Å². The van der Waals surface area contributed by atoms with Crippen molar-refractivity contribution < 1.29 is 23.9 Å². The van der Waals surface area contributed by atoms with E-state index < -0.39 is 17.5 Å². The van der Waals surface area contributed by atoms with Crippen molar-refractivity contribution in [2.45, 2.75) is 46.0 Å². The summed E-state index contributed by atoms with van der Waals surface area (Å²) in [5.41, 5.74) is 0.0307. The summed E-state index contributed by atoms with van der Waals surface area (Å²) in [5.74, 6) is -0.535. The van der Waals surface area contributed by atoms with Crippen LogP contribution in [0.4, 0.5) is 10.5 Å². The van der Waals surface area contributed by atoms with Crippen molar-refractivity contribution in [1.29, 1.82) is 0 Å². The lowest BCUT2D eigenvalue weighted by atomic mass is 9.75. The van der Waals surface area contributed by atoms with Crippen LogP contribution >= 0.6 is 23.2 Å². The minimum absolute atomic E-state index is 0.0183. The van der Waals surface area contributed by atoms with E-state index in [4.69, 9.17) is 32.7 Å². The topological polar surface area (TPSA) is 93.7 Å².